The molecule has 0 aliphatic carbocycles. The van der Waals surface area contributed by atoms with Gasteiger partial charge < -0.3 is 10.6 Å². The first kappa shape index (κ1) is 16.5. The molecule has 5 nitrogen and oxygen atoms in total. The van der Waals surface area contributed by atoms with Gasteiger partial charge in [0.25, 0.3) is 5.91 Å². The maximum atomic E-state index is 13.6. The normalized spacial score (nSPS) is 10.3. The number of anilines is 2. The number of carbonyl (C=O) groups excluding carboxylic acids is 1. The Morgan fingerprint density at radius 1 is 1.26 bits per heavy atom. The van der Waals surface area contributed by atoms with Gasteiger partial charge in [-0.25, -0.2) is 23.1 Å². The third kappa shape index (κ3) is 3.85. The Bertz CT molecular complexity index is 765. The third-order valence-corrected chi connectivity index (χ3v) is 2.77. The zero-order valence-corrected chi connectivity index (χ0v) is 12.2. The highest BCUT2D eigenvalue weighted by molar-refractivity contribution is 6.03. The van der Waals surface area contributed by atoms with Crippen LogP contribution in [0.1, 0.15) is 16.2 Å². The fraction of sp³-hybridized carbons (Fsp3) is 0.133. The first-order chi connectivity index (χ1) is 10.9. The van der Waals surface area contributed by atoms with Gasteiger partial charge in [-0.1, -0.05) is 6.08 Å². The van der Waals surface area contributed by atoms with E-state index in [9.17, 15) is 18.0 Å². The van der Waals surface area contributed by atoms with Gasteiger partial charge in [0, 0.05) is 12.2 Å². The SMILES string of the molecule is C=CCNc1nc(C)cc(C(=O)Nc2ccc(F)c(F)c2F)n1. The van der Waals surface area contributed by atoms with E-state index >= 15 is 0 Å². The molecule has 0 fully saturated rings. The molecule has 1 amide bonds. The van der Waals surface area contributed by atoms with Gasteiger partial charge in [-0.15, -0.1) is 6.58 Å². The molecule has 0 spiro atoms. The van der Waals surface area contributed by atoms with Gasteiger partial charge in [-0.05, 0) is 25.1 Å². The standard InChI is InChI=1S/C15H13F3N4O/c1-3-6-19-15-20-8(2)7-11(22-15)14(23)21-10-5-4-9(16)12(17)13(10)18/h3-5,7H,1,6H2,2H3,(H,21,23)(H,19,20,22). The van der Waals surface area contributed by atoms with Crippen molar-refractivity contribution in [2.75, 3.05) is 17.2 Å². The summed E-state index contributed by atoms with van der Waals surface area (Å²) in [7, 11) is 0. The number of hydrogen-bond donors (Lipinski definition) is 2. The van der Waals surface area contributed by atoms with E-state index in [1.807, 2.05) is 0 Å². The Labute approximate surface area is 130 Å². The predicted octanol–water partition coefficient (Wildman–Crippen LogP) is 3.05. The van der Waals surface area contributed by atoms with Gasteiger partial charge in [0.05, 0.1) is 5.69 Å². The Hall–Kier alpha value is -2.90. The minimum Gasteiger partial charge on any atom is -0.351 e. The van der Waals surface area contributed by atoms with Crippen LogP contribution < -0.4 is 10.6 Å². The fourth-order valence-corrected chi connectivity index (χ4v) is 1.74. The summed E-state index contributed by atoms with van der Waals surface area (Å²) in [5.74, 6) is -5.05. The van der Waals surface area contributed by atoms with Gasteiger partial charge in [0.15, 0.2) is 17.5 Å². The minimum absolute atomic E-state index is 0.0480. The van der Waals surface area contributed by atoms with Crippen LogP contribution in [0.5, 0.6) is 0 Å². The number of nitrogens with zero attached hydrogens (tertiary/aromatic N) is 2. The number of benzene rings is 1. The summed E-state index contributed by atoms with van der Waals surface area (Å²) in [5, 5.41) is 4.96. The molecule has 0 saturated heterocycles. The molecule has 2 rings (SSSR count). The van der Waals surface area contributed by atoms with Crippen molar-refractivity contribution in [1.82, 2.24) is 9.97 Å². The number of amides is 1. The molecule has 8 heteroatoms. The molecule has 0 atom stereocenters. The Morgan fingerprint density at radius 2 is 2.00 bits per heavy atom. The highest BCUT2D eigenvalue weighted by Crippen LogP contribution is 2.20. The number of halogens is 3. The second-order valence-corrected chi connectivity index (χ2v) is 4.56. The number of nitrogens with one attached hydrogen (secondary N) is 2. The molecular formula is C15H13F3N4O. The molecule has 0 unspecified atom stereocenters. The van der Waals surface area contributed by atoms with Crippen molar-refractivity contribution in [2.45, 2.75) is 6.92 Å². The van der Waals surface area contributed by atoms with Crippen LogP contribution in [0, 0.1) is 24.4 Å². The van der Waals surface area contributed by atoms with Crippen LogP contribution in [0.25, 0.3) is 0 Å². The van der Waals surface area contributed by atoms with E-state index in [0.29, 0.717) is 12.2 Å². The number of hydrogen-bond acceptors (Lipinski definition) is 4. The highest BCUT2D eigenvalue weighted by Gasteiger charge is 2.17. The molecule has 0 saturated carbocycles. The van der Waals surface area contributed by atoms with Crippen LogP contribution in [0.2, 0.25) is 0 Å². The molecule has 1 aromatic carbocycles. The monoisotopic (exact) mass is 322 g/mol. The summed E-state index contributed by atoms with van der Waals surface area (Å²) in [6.45, 7) is 5.57. The smallest absolute Gasteiger partial charge is 0.274 e. The molecule has 120 valence electrons. The van der Waals surface area contributed by atoms with E-state index in [4.69, 9.17) is 0 Å². The van der Waals surface area contributed by atoms with E-state index in [1.54, 1.807) is 13.0 Å². The van der Waals surface area contributed by atoms with Gasteiger partial charge in [0.1, 0.15) is 5.69 Å². The van der Waals surface area contributed by atoms with Gasteiger partial charge in [-0.3, -0.25) is 4.79 Å². The molecule has 0 aliphatic heterocycles. The maximum Gasteiger partial charge on any atom is 0.274 e. The van der Waals surface area contributed by atoms with E-state index in [0.717, 1.165) is 12.1 Å². The molecule has 23 heavy (non-hydrogen) atoms. The molecule has 0 radical (unpaired) electrons. The topological polar surface area (TPSA) is 66.9 Å². The lowest BCUT2D eigenvalue weighted by molar-refractivity contribution is 0.102. The van der Waals surface area contributed by atoms with E-state index in [-0.39, 0.29) is 11.6 Å². The Kier molecular flexibility index (Phi) is 4.95. The first-order valence-electron chi connectivity index (χ1n) is 6.57. The summed E-state index contributed by atoms with van der Waals surface area (Å²) in [5.41, 5.74) is -0.0265. The molecule has 1 aromatic heterocycles. The lowest BCUT2D eigenvalue weighted by Crippen LogP contribution is -2.17. The van der Waals surface area contributed by atoms with Crippen molar-refractivity contribution in [3.63, 3.8) is 0 Å². The minimum atomic E-state index is -1.66. The summed E-state index contributed by atoms with van der Waals surface area (Å²) >= 11 is 0. The number of rotatable bonds is 5. The molecule has 0 aliphatic rings. The van der Waals surface area contributed by atoms with Crippen LogP contribution in [0.3, 0.4) is 0 Å². The lowest BCUT2D eigenvalue weighted by Gasteiger charge is -2.09. The zero-order chi connectivity index (χ0) is 17.0. The van der Waals surface area contributed by atoms with Crippen LogP contribution in [-0.4, -0.2) is 22.4 Å². The first-order valence-corrected chi connectivity index (χ1v) is 6.57. The average Bonchev–Trinajstić information content (AvgIpc) is 2.53. The van der Waals surface area contributed by atoms with Crippen LogP contribution >= 0.6 is 0 Å². The van der Waals surface area contributed by atoms with E-state index in [2.05, 4.69) is 27.2 Å². The molecular weight excluding hydrogens is 309 g/mol. The second-order valence-electron chi connectivity index (χ2n) is 4.56. The van der Waals surface area contributed by atoms with Crippen molar-refractivity contribution in [3.05, 3.63) is 59.7 Å². The molecule has 1 heterocycles. The molecule has 2 N–H and O–H groups in total. The third-order valence-electron chi connectivity index (χ3n) is 2.77. The molecule has 2 aromatic rings. The summed E-state index contributed by atoms with van der Waals surface area (Å²) in [6, 6.07) is 3.03. The largest absolute Gasteiger partial charge is 0.351 e. The van der Waals surface area contributed by atoms with Crippen LogP contribution in [0.15, 0.2) is 30.9 Å². The lowest BCUT2D eigenvalue weighted by atomic mass is 10.2. The van der Waals surface area contributed by atoms with Gasteiger partial charge in [0.2, 0.25) is 5.95 Å². The van der Waals surface area contributed by atoms with E-state index < -0.39 is 29.0 Å². The summed E-state index contributed by atoms with van der Waals surface area (Å²) in [4.78, 5) is 20.1. The summed E-state index contributed by atoms with van der Waals surface area (Å²) in [6.07, 6.45) is 1.59. The highest BCUT2D eigenvalue weighted by atomic mass is 19.2. The number of aryl methyl sites for hydroxylation is 1. The van der Waals surface area contributed by atoms with Gasteiger partial charge in [-0.2, -0.15) is 0 Å². The van der Waals surface area contributed by atoms with Crippen molar-refractivity contribution in [1.29, 1.82) is 0 Å². The number of carbonyl (C=O) groups is 1. The second kappa shape index (κ2) is 6.91. The van der Waals surface area contributed by atoms with Gasteiger partial charge >= 0.3 is 0 Å². The van der Waals surface area contributed by atoms with Crippen LogP contribution in [-0.2, 0) is 0 Å². The van der Waals surface area contributed by atoms with Crippen molar-refractivity contribution in [2.24, 2.45) is 0 Å². The van der Waals surface area contributed by atoms with Crippen molar-refractivity contribution in [3.8, 4) is 0 Å². The Balaban J connectivity index is 2.25. The fourth-order valence-electron chi connectivity index (χ4n) is 1.74. The number of aromatic nitrogens is 2. The van der Waals surface area contributed by atoms with Crippen molar-refractivity contribution >= 4 is 17.5 Å². The molecule has 0 bridgehead atoms. The quantitative estimate of drug-likeness (QED) is 0.656. The maximum absolute atomic E-state index is 13.6. The average molecular weight is 322 g/mol. The predicted molar refractivity (Wildman–Crippen MR) is 79.7 cm³/mol. The Morgan fingerprint density at radius 3 is 2.70 bits per heavy atom. The summed E-state index contributed by atoms with van der Waals surface area (Å²) < 4.78 is 39.6. The van der Waals surface area contributed by atoms with Crippen molar-refractivity contribution < 1.29 is 18.0 Å². The van der Waals surface area contributed by atoms with E-state index in [1.165, 1.54) is 6.07 Å². The zero-order valence-electron chi connectivity index (χ0n) is 12.2. The van der Waals surface area contributed by atoms with Crippen LogP contribution in [0.4, 0.5) is 24.8 Å².